The van der Waals surface area contributed by atoms with Gasteiger partial charge in [0.25, 0.3) is 0 Å². The molecule has 0 amide bonds. The molecule has 0 bridgehead atoms. The third-order valence-corrected chi connectivity index (χ3v) is 2.06. The normalized spacial score (nSPS) is 15.6. The van der Waals surface area contributed by atoms with Gasteiger partial charge in [-0.2, -0.15) is 0 Å². The Kier molecular flexibility index (Phi) is 3.19. The van der Waals surface area contributed by atoms with Gasteiger partial charge in [-0.25, -0.2) is 0 Å². The lowest BCUT2D eigenvalue weighted by molar-refractivity contribution is 0.252. The Labute approximate surface area is 72.2 Å². The van der Waals surface area contributed by atoms with Crippen LogP contribution in [0.4, 0.5) is 0 Å². The Morgan fingerprint density at radius 2 is 2.42 bits per heavy atom. The van der Waals surface area contributed by atoms with E-state index in [1.807, 2.05) is 19.1 Å². The molecular formula is C9H14N2O. The topological polar surface area (TPSA) is 59.1 Å². The van der Waals surface area contributed by atoms with Gasteiger partial charge in [0.2, 0.25) is 0 Å². The first kappa shape index (κ1) is 9.16. The van der Waals surface area contributed by atoms with E-state index in [0.717, 1.165) is 5.56 Å². The van der Waals surface area contributed by atoms with Gasteiger partial charge < -0.3 is 10.8 Å². The maximum absolute atomic E-state index is 8.82. The quantitative estimate of drug-likeness (QED) is 0.687. The maximum Gasteiger partial charge on any atom is 0.0588 e. The van der Waals surface area contributed by atoms with Crippen molar-refractivity contribution in [2.45, 2.75) is 18.9 Å². The van der Waals surface area contributed by atoms with E-state index < -0.39 is 0 Å². The van der Waals surface area contributed by atoms with Gasteiger partial charge in [-0.15, -0.1) is 0 Å². The standard InChI is InChI=1S/C9H14N2O/c1-7(9(10)6-12)8-3-2-4-11-5-8/h2-5,7,9,12H,6,10H2,1H3. The lowest BCUT2D eigenvalue weighted by Crippen LogP contribution is -2.30. The van der Waals surface area contributed by atoms with Crippen LogP contribution in [-0.4, -0.2) is 22.7 Å². The summed E-state index contributed by atoms with van der Waals surface area (Å²) in [6.07, 6.45) is 3.50. The maximum atomic E-state index is 8.82. The van der Waals surface area contributed by atoms with Gasteiger partial charge in [-0.1, -0.05) is 13.0 Å². The van der Waals surface area contributed by atoms with Gasteiger partial charge in [0.05, 0.1) is 6.61 Å². The summed E-state index contributed by atoms with van der Waals surface area (Å²) in [7, 11) is 0. The lowest BCUT2D eigenvalue weighted by atomic mass is 9.96. The zero-order valence-corrected chi connectivity index (χ0v) is 7.14. The molecule has 0 aliphatic rings. The third-order valence-electron chi connectivity index (χ3n) is 2.06. The molecule has 0 saturated carbocycles. The number of aliphatic hydroxyl groups is 1. The smallest absolute Gasteiger partial charge is 0.0588 e. The minimum atomic E-state index is -0.200. The molecule has 1 aromatic rings. The van der Waals surface area contributed by atoms with Crippen LogP contribution in [0.3, 0.4) is 0 Å². The van der Waals surface area contributed by atoms with Crippen LogP contribution in [0.5, 0.6) is 0 Å². The number of hydrogen-bond acceptors (Lipinski definition) is 3. The number of nitrogens with two attached hydrogens (primary N) is 1. The first-order valence-electron chi connectivity index (χ1n) is 4.02. The van der Waals surface area contributed by atoms with E-state index in [-0.39, 0.29) is 18.6 Å². The minimum absolute atomic E-state index is 0.00998. The summed E-state index contributed by atoms with van der Waals surface area (Å²) < 4.78 is 0. The van der Waals surface area contributed by atoms with Crippen LogP contribution in [0, 0.1) is 0 Å². The first-order valence-corrected chi connectivity index (χ1v) is 4.02. The number of aliphatic hydroxyl groups excluding tert-OH is 1. The van der Waals surface area contributed by atoms with Gasteiger partial charge in [0.1, 0.15) is 0 Å². The second-order valence-corrected chi connectivity index (χ2v) is 2.92. The average Bonchev–Trinajstić information content (AvgIpc) is 2.17. The molecule has 0 radical (unpaired) electrons. The molecule has 1 rings (SSSR count). The van der Waals surface area contributed by atoms with Gasteiger partial charge in [-0.3, -0.25) is 4.98 Å². The summed E-state index contributed by atoms with van der Waals surface area (Å²) in [5, 5.41) is 8.82. The number of hydrogen-bond donors (Lipinski definition) is 2. The molecule has 2 unspecified atom stereocenters. The van der Waals surface area contributed by atoms with E-state index in [0.29, 0.717) is 0 Å². The van der Waals surface area contributed by atoms with E-state index in [1.54, 1.807) is 12.4 Å². The highest BCUT2D eigenvalue weighted by Gasteiger charge is 2.12. The molecule has 0 fully saturated rings. The van der Waals surface area contributed by atoms with E-state index in [2.05, 4.69) is 4.98 Å². The van der Waals surface area contributed by atoms with Crippen LogP contribution in [0.2, 0.25) is 0 Å². The first-order chi connectivity index (χ1) is 5.75. The van der Waals surface area contributed by atoms with Crippen LogP contribution in [-0.2, 0) is 0 Å². The third kappa shape index (κ3) is 2.03. The van der Waals surface area contributed by atoms with Crippen molar-refractivity contribution in [1.29, 1.82) is 0 Å². The number of nitrogens with zero attached hydrogens (tertiary/aromatic N) is 1. The SMILES string of the molecule is CC(c1cccnc1)C(N)CO. The van der Waals surface area contributed by atoms with Crippen molar-refractivity contribution in [3.05, 3.63) is 30.1 Å². The van der Waals surface area contributed by atoms with E-state index >= 15 is 0 Å². The molecule has 1 aromatic heterocycles. The number of pyridine rings is 1. The predicted molar refractivity (Wildman–Crippen MR) is 47.7 cm³/mol. The summed E-state index contributed by atoms with van der Waals surface area (Å²) in [6, 6.07) is 3.64. The van der Waals surface area contributed by atoms with Gasteiger partial charge in [-0.05, 0) is 17.5 Å². The highest BCUT2D eigenvalue weighted by molar-refractivity contribution is 5.15. The van der Waals surface area contributed by atoms with Gasteiger partial charge in [0.15, 0.2) is 0 Å². The van der Waals surface area contributed by atoms with E-state index in [9.17, 15) is 0 Å². The summed E-state index contributed by atoms with van der Waals surface area (Å²) in [6.45, 7) is 1.99. The highest BCUT2D eigenvalue weighted by Crippen LogP contribution is 2.15. The van der Waals surface area contributed by atoms with E-state index in [1.165, 1.54) is 0 Å². The Morgan fingerprint density at radius 1 is 1.67 bits per heavy atom. The second-order valence-electron chi connectivity index (χ2n) is 2.92. The molecule has 2 atom stereocenters. The van der Waals surface area contributed by atoms with Crippen LogP contribution in [0.1, 0.15) is 18.4 Å². The van der Waals surface area contributed by atoms with Crippen molar-refractivity contribution in [3.63, 3.8) is 0 Å². The van der Waals surface area contributed by atoms with Crippen molar-refractivity contribution in [2.75, 3.05) is 6.61 Å². The molecule has 0 aliphatic heterocycles. The Hall–Kier alpha value is -0.930. The Morgan fingerprint density at radius 3 is 2.92 bits per heavy atom. The highest BCUT2D eigenvalue weighted by atomic mass is 16.3. The van der Waals surface area contributed by atoms with Crippen LogP contribution < -0.4 is 5.73 Å². The molecule has 0 aromatic carbocycles. The minimum Gasteiger partial charge on any atom is -0.395 e. The fraction of sp³-hybridized carbons (Fsp3) is 0.444. The Balaban J connectivity index is 2.71. The fourth-order valence-corrected chi connectivity index (χ4v) is 1.05. The molecule has 66 valence electrons. The molecule has 1 heterocycles. The van der Waals surface area contributed by atoms with Crippen molar-refractivity contribution in [1.82, 2.24) is 4.98 Å². The average molecular weight is 166 g/mol. The molecule has 3 heteroatoms. The largest absolute Gasteiger partial charge is 0.395 e. The van der Waals surface area contributed by atoms with Gasteiger partial charge in [0, 0.05) is 18.4 Å². The van der Waals surface area contributed by atoms with Crippen molar-refractivity contribution in [2.24, 2.45) is 5.73 Å². The van der Waals surface area contributed by atoms with Crippen molar-refractivity contribution in [3.8, 4) is 0 Å². The fourth-order valence-electron chi connectivity index (χ4n) is 1.05. The van der Waals surface area contributed by atoms with Crippen LogP contribution in [0.25, 0.3) is 0 Å². The summed E-state index contributed by atoms with van der Waals surface area (Å²) in [4.78, 5) is 3.99. The monoisotopic (exact) mass is 166 g/mol. The molecule has 0 saturated heterocycles. The molecule has 12 heavy (non-hydrogen) atoms. The summed E-state index contributed by atoms with van der Waals surface area (Å²) >= 11 is 0. The predicted octanol–water partition coefficient (Wildman–Crippen LogP) is 0.505. The molecule has 0 aliphatic carbocycles. The van der Waals surface area contributed by atoms with Crippen molar-refractivity contribution >= 4 is 0 Å². The Bertz CT molecular complexity index is 225. The second kappa shape index (κ2) is 4.18. The van der Waals surface area contributed by atoms with Crippen molar-refractivity contribution < 1.29 is 5.11 Å². The van der Waals surface area contributed by atoms with Gasteiger partial charge >= 0.3 is 0 Å². The van der Waals surface area contributed by atoms with Crippen LogP contribution >= 0.6 is 0 Å². The van der Waals surface area contributed by atoms with Crippen LogP contribution in [0.15, 0.2) is 24.5 Å². The molecular weight excluding hydrogens is 152 g/mol. The molecule has 3 N–H and O–H groups in total. The molecule has 0 spiro atoms. The summed E-state index contributed by atoms with van der Waals surface area (Å²) in [5.74, 6) is 0.156. The zero-order chi connectivity index (χ0) is 8.97. The number of rotatable bonds is 3. The number of aromatic nitrogens is 1. The van der Waals surface area contributed by atoms with E-state index in [4.69, 9.17) is 10.8 Å². The lowest BCUT2D eigenvalue weighted by Gasteiger charge is -2.16. The zero-order valence-electron chi connectivity index (χ0n) is 7.14. The molecule has 3 nitrogen and oxygen atoms in total. The summed E-state index contributed by atoms with van der Waals surface area (Å²) in [5.41, 5.74) is 6.74.